The normalized spacial score (nSPS) is 14.4. The van der Waals surface area contributed by atoms with Gasteiger partial charge in [-0.15, -0.1) is 0 Å². The molecule has 2 aromatic carbocycles. The van der Waals surface area contributed by atoms with E-state index in [1.54, 1.807) is 32.4 Å². The van der Waals surface area contributed by atoms with E-state index in [1.807, 2.05) is 17.0 Å². The molecule has 1 saturated heterocycles. The Morgan fingerprint density at radius 1 is 0.971 bits per heavy atom. The number of carbonyl (C=O) groups excluding carboxylic acids is 2. The predicted octanol–water partition coefficient (Wildman–Crippen LogP) is 4.36. The lowest BCUT2D eigenvalue weighted by atomic mass is 9.85. The highest BCUT2D eigenvalue weighted by Gasteiger charge is 2.25. The Morgan fingerprint density at radius 2 is 1.63 bits per heavy atom. The number of nitrogens with zero attached hydrogens (tertiary/aromatic N) is 1. The number of aryl methyl sites for hydroxylation is 1. The summed E-state index contributed by atoms with van der Waals surface area (Å²) >= 11 is 0. The van der Waals surface area contributed by atoms with Crippen molar-refractivity contribution in [2.45, 2.75) is 46.0 Å². The number of hydrogen-bond acceptors (Lipinski definition) is 5. The SMILES string of the molecule is COc1ccc(C(=O)NCC2CCN(C(=O)COc3ccc(C)cc3C(C)(C)C)CC2)cc1OC. The zero-order chi connectivity index (χ0) is 25.6. The Hall–Kier alpha value is -3.22. The van der Waals surface area contributed by atoms with Crippen LogP contribution >= 0.6 is 0 Å². The first-order valence-electron chi connectivity index (χ1n) is 12.1. The molecule has 3 rings (SSSR count). The van der Waals surface area contributed by atoms with E-state index in [1.165, 1.54) is 5.56 Å². The number of ether oxygens (including phenoxy) is 3. The number of methoxy groups -OCH3 is 2. The molecule has 7 heteroatoms. The third-order valence-electron chi connectivity index (χ3n) is 6.46. The van der Waals surface area contributed by atoms with Crippen LogP contribution in [0.25, 0.3) is 0 Å². The van der Waals surface area contributed by atoms with Gasteiger partial charge in [0.25, 0.3) is 11.8 Å². The molecule has 0 atom stereocenters. The third-order valence-corrected chi connectivity index (χ3v) is 6.46. The van der Waals surface area contributed by atoms with Gasteiger partial charge in [-0.2, -0.15) is 0 Å². The lowest BCUT2D eigenvalue weighted by Crippen LogP contribution is -2.43. The number of nitrogens with one attached hydrogen (secondary N) is 1. The zero-order valence-corrected chi connectivity index (χ0v) is 21.8. The van der Waals surface area contributed by atoms with Gasteiger partial charge in [-0.3, -0.25) is 9.59 Å². The molecular formula is C28H38N2O5. The molecule has 2 aromatic rings. The zero-order valence-electron chi connectivity index (χ0n) is 21.8. The second kappa shape index (κ2) is 11.5. The molecule has 1 aliphatic heterocycles. The number of rotatable bonds is 8. The molecule has 2 amide bonds. The smallest absolute Gasteiger partial charge is 0.260 e. The summed E-state index contributed by atoms with van der Waals surface area (Å²) in [6, 6.07) is 11.2. The Labute approximate surface area is 208 Å². The standard InChI is InChI=1S/C28H38N2O5/c1-19-7-9-23(22(15-19)28(2,3)4)35-18-26(31)30-13-11-20(12-14-30)17-29-27(32)21-8-10-24(33-5)25(16-21)34-6/h7-10,15-16,20H,11-14,17-18H2,1-6H3,(H,29,32). The molecule has 0 bridgehead atoms. The molecule has 1 heterocycles. The molecule has 1 fully saturated rings. The number of piperidine rings is 1. The number of likely N-dealkylation sites (tertiary alicyclic amines) is 1. The second-order valence-corrected chi connectivity index (χ2v) is 10.1. The average molecular weight is 483 g/mol. The van der Waals surface area contributed by atoms with Gasteiger partial charge in [0, 0.05) is 25.2 Å². The summed E-state index contributed by atoms with van der Waals surface area (Å²) in [5.41, 5.74) is 2.74. The van der Waals surface area contributed by atoms with Crippen LogP contribution in [0.1, 0.15) is 55.1 Å². The highest BCUT2D eigenvalue weighted by Crippen LogP contribution is 2.32. The maximum absolute atomic E-state index is 12.8. The Balaban J connectivity index is 1.46. The first-order chi connectivity index (χ1) is 16.6. The molecule has 1 N–H and O–H groups in total. The highest BCUT2D eigenvalue weighted by molar-refractivity contribution is 5.94. The monoisotopic (exact) mass is 482 g/mol. The fourth-order valence-electron chi connectivity index (χ4n) is 4.29. The molecule has 0 aliphatic carbocycles. The van der Waals surface area contributed by atoms with E-state index in [9.17, 15) is 9.59 Å². The predicted molar refractivity (Wildman–Crippen MR) is 137 cm³/mol. The topological polar surface area (TPSA) is 77.1 Å². The summed E-state index contributed by atoms with van der Waals surface area (Å²) in [6.07, 6.45) is 1.69. The van der Waals surface area contributed by atoms with Gasteiger partial charge in [-0.05, 0) is 60.9 Å². The van der Waals surface area contributed by atoms with Crippen LogP contribution in [0.3, 0.4) is 0 Å². The molecule has 0 unspecified atom stereocenters. The Kier molecular flexibility index (Phi) is 8.65. The average Bonchev–Trinajstić information content (AvgIpc) is 2.85. The molecule has 190 valence electrons. The van der Waals surface area contributed by atoms with Crippen molar-refractivity contribution in [3.8, 4) is 17.2 Å². The molecule has 0 radical (unpaired) electrons. The molecule has 35 heavy (non-hydrogen) atoms. The van der Waals surface area contributed by atoms with E-state index in [2.05, 4.69) is 39.1 Å². The van der Waals surface area contributed by atoms with Crippen molar-refractivity contribution in [2.75, 3.05) is 40.5 Å². The summed E-state index contributed by atoms with van der Waals surface area (Å²) in [6.45, 7) is 10.4. The van der Waals surface area contributed by atoms with E-state index in [4.69, 9.17) is 14.2 Å². The minimum absolute atomic E-state index is 0.00162. The minimum atomic E-state index is -0.148. The summed E-state index contributed by atoms with van der Waals surface area (Å²) in [5.74, 6) is 2.05. The van der Waals surface area contributed by atoms with Gasteiger partial charge < -0.3 is 24.4 Å². The molecule has 0 aromatic heterocycles. The van der Waals surface area contributed by atoms with Crippen LogP contribution in [-0.2, 0) is 10.2 Å². The fourth-order valence-corrected chi connectivity index (χ4v) is 4.29. The van der Waals surface area contributed by atoms with Crippen molar-refractivity contribution in [2.24, 2.45) is 5.92 Å². The summed E-state index contributed by atoms with van der Waals surface area (Å²) < 4.78 is 16.5. The van der Waals surface area contributed by atoms with Crippen LogP contribution in [0, 0.1) is 12.8 Å². The maximum Gasteiger partial charge on any atom is 0.260 e. The van der Waals surface area contributed by atoms with Crippen molar-refractivity contribution in [1.82, 2.24) is 10.2 Å². The number of hydrogen-bond donors (Lipinski definition) is 1. The van der Waals surface area contributed by atoms with Gasteiger partial charge in [-0.25, -0.2) is 0 Å². The molecule has 7 nitrogen and oxygen atoms in total. The van der Waals surface area contributed by atoms with Crippen molar-refractivity contribution in [3.63, 3.8) is 0 Å². The lowest BCUT2D eigenvalue weighted by molar-refractivity contribution is -0.134. The van der Waals surface area contributed by atoms with Gasteiger partial charge in [0.05, 0.1) is 14.2 Å². The summed E-state index contributed by atoms with van der Waals surface area (Å²) in [4.78, 5) is 27.2. The van der Waals surface area contributed by atoms with E-state index in [0.717, 1.165) is 24.2 Å². The van der Waals surface area contributed by atoms with Gasteiger partial charge in [0.2, 0.25) is 0 Å². The first kappa shape index (κ1) is 26.4. The van der Waals surface area contributed by atoms with Crippen LogP contribution in [0.15, 0.2) is 36.4 Å². The fraction of sp³-hybridized carbons (Fsp3) is 0.500. The largest absolute Gasteiger partial charge is 0.493 e. The summed E-state index contributed by atoms with van der Waals surface area (Å²) in [7, 11) is 3.11. The number of benzene rings is 2. The van der Waals surface area contributed by atoms with Crippen molar-refractivity contribution < 1.29 is 23.8 Å². The van der Waals surface area contributed by atoms with E-state index < -0.39 is 0 Å². The van der Waals surface area contributed by atoms with Crippen molar-refractivity contribution >= 4 is 11.8 Å². The quantitative estimate of drug-likeness (QED) is 0.605. The molecular weight excluding hydrogens is 444 g/mol. The van der Waals surface area contributed by atoms with Crippen LogP contribution in [0.2, 0.25) is 0 Å². The van der Waals surface area contributed by atoms with Gasteiger partial charge in [0.15, 0.2) is 18.1 Å². The maximum atomic E-state index is 12.8. The number of carbonyl (C=O) groups is 2. The first-order valence-corrected chi connectivity index (χ1v) is 12.1. The third kappa shape index (κ3) is 6.90. The van der Waals surface area contributed by atoms with Crippen molar-refractivity contribution in [3.05, 3.63) is 53.1 Å². The van der Waals surface area contributed by atoms with Crippen LogP contribution in [0.4, 0.5) is 0 Å². The Bertz CT molecular complexity index is 1040. The second-order valence-electron chi connectivity index (χ2n) is 10.1. The van der Waals surface area contributed by atoms with Gasteiger partial charge >= 0.3 is 0 Å². The van der Waals surface area contributed by atoms with Gasteiger partial charge in [-0.1, -0.05) is 38.5 Å². The van der Waals surface area contributed by atoms with E-state index in [-0.39, 0.29) is 23.8 Å². The molecule has 1 aliphatic rings. The number of amides is 2. The van der Waals surface area contributed by atoms with Crippen molar-refractivity contribution in [1.29, 1.82) is 0 Å². The van der Waals surface area contributed by atoms with Crippen LogP contribution in [-0.4, -0.2) is 57.2 Å². The van der Waals surface area contributed by atoms with Gasteiger partial charge in [0.1, 0.15) is 5.75 Å². The van der Waals surface area contributed by atoms with Crippen LogP contribution < -0.4 is 19.5 Å². The highest BCUT2D eigenvalue weighted by atomic mass is 16.5. The molecule has 0 saturated carbocycles. The minimum Gasteiger partial charge on any atom is -0.493 e. The summed E-state index contributed by atoms with van der Waals surface area (Å²) in [5, 5.41) is 3.01. The Morgan fingerprint density at radius 3 is 2.26 bits per heavy atom. The molecule has 0 spiro atoms. The lowest BCUT2D eigenvalue weighted by Gasteiger charge is -2.32. The van der Waals surface area contributed by atoms with E-state index >= 15 is 0 Å². The van der Waals surface area contributed by atoms with Crippen LogP contribution in [0.5, 0.6) is 17.2 Å². The van der Waals surface area contributed by atoms with E-state index in [0.29, 0.717) is 42.6 Å².